The second kappa shape index (κ2) is 13.2. The number of aromatic nitrogens is 6. The molecule has 6 rings (SSSR count). The average molecular weight is 675 g/mol. The standard InChI is InChI=1S/C21H26N9O11P.HO2P/c22-17-6-1-24-10(9(6)25-4-26-17)15-14(34)12(32)8(39-15)3-38-42(36,37)41-16-13(33)7(2-31)40-20(16)30-5-27-11-18(30)28-21(23)29-19(11)35;1-3-2/h1,4-5,7-8,10,12-16,20,31-34H,2-3H2,(H,36,37)(H2,22,25,26)(H3,23,28,29,35);(H,1,2)/t7-,8-,10?,12-,13-,14-,15+,16-,20-;/m1./s1. The number of hydrogen-bond acceptors (Lipinski definition) is 18. The van der Waals surface area contributed by atoms with E-state index in [0.717, 1.165) is 10.9 Å². The molecule has 0 aromatic carbocycles. The number of aliphatic hydroxyl groups is 4. The van der Waals surface area contributed by atoms with Gasteiger partial charge < -0.3 is 51.2 Å². The van der Waals surface area contributed by atoms with E-state index in [-0.39, 0.29) is 22.9 Å². The van der Waals surface area contributed by atoms with Crippen LogP contribution in [0.15, 0.2) is 22.4 Å². The highest BCUT2D eigenvalue weighted by Gasteiger charge is 2.51. The zero-order valence-electron chi connectivity index (χ0n) is 22.6. The second-order valence-electron chi connectivity index (χ2n) is 9.83. The van der Waals surface area contributed by atoms with Crippen molar-refractivity contribution < 1.29 is 57.9 Å². The molecule has 0 aliphatic carbocycles. The lowest BCUT2D eigenvalue weighted by Crippen LogP contribution is -2.36. The van der Waals surface area contributed by atoms with Crippen molar-refractivity contribution in [3.63, 3.8) is 0 Å². The third-order valence-electron chi connectivity index (χ3n) is 7.17. The highest BCUT2D eigenvalue weighted by Crippen LogP contribution is 2.50. The lowest BCUT2D eigenvalue weighted by molar-refractivity contribution is -0.0557. The van der Waals surface area contributed by atoms with Crippen LogP contribution in [0.3, 0.4) is 0 Å². The van der Waals surface area contributed by atoms with Gasteiger partial charge in [-0.15, -0.1) is 0 Å². The van der Waals surface area contributed by atoms with Crippen LogP contribution in [0.5, 0.6) is 0 Å². The summed E-state index contributed by atoms with van der Waals surface area (Å²) >= 11 is 0. The highest BCUT2D eigenvalue weighted by atomic mass is 31.2. The van der Waals surface area contributed by atoms with Gasteiger partial charge in [-0.05, 0) is 0 Å². The van der Waals surface area contributed by atoms with E-state index in [9.17, 15) is 34.7 Å². The lowest BCUT2D eigenvalue weighted by atomic mass is 10.00. The summed E-state index contributed by atoms with van der Waals surface area (Å²) in [5, 5.41) is 41.6. The van der Waals surface area contributed by atoms with Gasteiger partial charge in [0.2, 0.25) is 5.95 Å². The van der Waals surface area contributed by atoms with Crippen molar-refractivity contribution in [2.24, 2.45) is 4.99 Å². The summed E-state index contributed by atoms with van der Waals surface area (Å²) in [5.74, 6) is -0.0782. The molecule has 45 heavy (non-hydrogen) atoms. The van der Waals surface area contributed by atoms with Crippen LogP contribution < -0.4 is 17.0 Å². The molecule has 3 aliphatic heterocycles. The fourth-order valence-electron chi connectivity index (χ4n) is 5.12. The zero-order chi connectivity index (χ0) is 32.6. The van der Waals surface area contributed by atoms with Crippen LogP contribution in [0, 0.1) is 0 Å². The van der Waals surface area contributed by atoms with E-state index in [2.05, 4.69) is 29.9 Å². The number of aliphatic imine (C=N–C) groups is 1. The van der Waals surface area contributed by atoms with Crippen LogP contribution in [-0.2, 0) is 27.7 Å². The number of anilines is 2. The number of aromatic amines is 1. The number of fused-ring (bicyclic) bond motifs is 2. The molecular formula is C21H27N9O13P2. The minimum atomic E-state index is -5.05. The van der Waals surface area contributed by atoms with Crippen LogP contribution in [0.4, 0.5) is 11.8 Å². The van der Waals surface area contributed by atoms with E-state index < -0.39 is 90.3 Å². The van der Waals surface area contributed by atoms with Gasteiger partial charge in [0, 0.05) is 6.21 Å². The Hall–Kier alpha value is -3.37. The van der Waals surface area contributed by atoms with Gasteiger partial charge in [0.15, 0.2) is 17.4 Å². The van der Waals surface area contributed by atoms with Crippen molar-refractivity contribution >= 4 is 45.7 Å². The summed E-state index contributed by atoms with van der Waals surface area (Å²) < 4.78 is 44.3. The first-order valence-electron chi connectivity index (χ1n) is 12.8. The summed E-state index contributed by atoms with van der Waals surface area (Å²) in [4.78, 5) is 52.2. The lowest BCUT2D eigenvalue weighted by Gasteiger charge is -2.25. The van der Waals surface area contributed by atoms with Gasteiger partial charge in [0.25, 0.3) is 5.56 Å². The molecule has 3 aromatic heterocycles. The van der Waals surface area contributed by atoms with E-state index in [1.807, 2.05) is 0 Å². The molecule has 11 N–H and O–H groups in total. The molecule has 0 spiro atoms. The van der Waals surface area contributed by atoms with Crippen LogP contribution in [0.25, 0.3) is 11.2 Å². The van der Waals surface area contributed by atoms with Gasteiger partial charge in [0.1, 0.15) is 60.9 Å². The molecule has 0 bridgehead atoms. The van der Waals surface area contributed by atoms with E-state index in [0.29, 0.717) is 11.3 Å². The molecule has 0 amide bonds. The number of nitrogen functional groups attached to an aromatic ring is 2. The second-order valence-corrected chi connectivity index (χ2v) is 11.4. The van der Waals surface area contributed by atoms with Crippen molar-refractivity contribution in [1.82, 2.24) is 29.5 Å². The Morgan fingerprint density at radius 3 is 2.56 bits per heavy atom. The summed E-state index contributed by atoms with van der Waals surface area (Å²) in [7, 11) is -5.88. The Bertz CT molecular complexity index is 1690. The molecule has 6 heterocycles. The average Bonchev–Trinajstić information content (AvgIpc) is 3.74. The Labute approximate surface area is 252 Å². The topological polar surface area (TPSA) is 346 Å². The first-order chi connectivity index (χ1) is 21.4. The third-order valence-corrected chi connectivity index (χ3v) is 8.16. The van der Waals surface area contributed by atoms with E-state index in [1.54, 1.807) is 0 Å². The Morgan fingerprint density at radius 2 is 1.84 bits per heavy atom. The smallest absolute Gasteiger partial charge is 0.394 e. The largest absolute Gasteiger partial charge is 0.472 e. The Morgan fingerprint density at radius 1 is 1.11 bits per heavy atom. The number of imidazole rings is 1. The molecular weight excluding hydrogens is 648 g/mol. The molecule has 2 saturated heterocycles. The number of phosphoric ester groups is 1. The number of hydrogen-bond donors (Lipinski definition) is 9. The number of nitrogens with two attached hydrogens (primary N) is 2. The van der Waals surface area contributed by atoms with Gasteiger partial charge >= 0.3 is 16.5 Å². The van der Waals surface area contributed by atoms with Crippen molar-refractivity contribution in [3.8, 4) is 0 Å². The van der Waals surface area contributed by atoms with Gasteiger partial charge in [-0.2, -0.15) is 4.98 Å². The zero-order valence-corrected chi connectivity index (χ0v) is 24.4. The molecule has 244 valence electrons. The van der Waals surface area contributed by atoms with Crippen molar-refractivity contribution in [3.05, 3.63) is 34.3 Å². The van der Waals surface area contributed by atoms with Crippen molar-refractivity contribution in [2.75, 3.05) is 24.7 Å². The van der Waals surface area contributed by atoms with Gasteiger partial charge in [-0.3, -0.25) is 28.4 Å². The summed E-state index contributed by atoms with van der Waals surface area (Å²) in [6.07, 6.45) is -7.61. The third kappa shape index (κ3) is 6.36. The normalized spacial score (nSPS) is 32.0. The molecule has 2 unspecified atom stereocenters. The van der Waals surface area contributed by atoms with Gasteiger partial charge in [0.05, 0.1) is 30.8 Å². The van der Waals surface area contributed by atoms with Crippen LogP contribution in [0.1, 0.15) is 23.5 Å². The van der Waals surface area contributed by atoms with Crippen LogP contribution in [0.2, 0.25) is 0 Å². The fourth-order valence-corrected chi connectivity index (χ4v) is 6.05. The minimum absolute atomic E-state index is 0.0833. The maximum absolute atomic E-state index is 13.0. The molecule has 24 heteroatoms. The maximum atomic E-state index is 13.0. The van der Waals surface area contributed by atoms with E-state index in [4.69, 9.17) is 39.4 Å². The summed E-state index contributed by atoms with van der Waals surface area (Å²) in [6.45, 7) is -1.42. The quantitative estimate of drug-likeness (QED) is 0.105. The van der Waals surface area contributed by atoms with Crippen LogP contribution >= 0.6 is 16.5 Å². The van der Waals surface area contributed by atoms with Crippen LogP contribution in [-0.4, -0.2) is 122 Å². The number of nitrogens with one attached hydrogen (secondary N) is 1. The molecule has 22 nitrogen and oxygen atoms in total. The SMILES string of the molecule is Nc1nc2c(ncn2[C@@H]2O[C@H](CO)[C@@H](O)[C@H]2OP(=O)(O)OC[C@H]2O[C@@H](C3N=Cc4c(N)ncnc43)[C@H](O)[C@@H]2O)c(=O)[nH]1.O=PO. The first-order valence-corrected chi connectivity index (χ1v) is 15.1. The predicted octanol–water partition coefficient (Wildman–Crippen LogP) is -3.32. The summed E-state index contributed by atoms with van der Waals surface area (Å²) in [6, 6.07) is -0.834. The maximum Gasteiger partial charge on any atom is 0.472 e. The molecule has 0 saturated carbocycles. The van der Waals surface area contributed by atoms with E-state index in [1.165, 1.54) is 12.5 Å². The molecule has 3 aromatic rings. The van der Waals surface area contributed by atoms with Gasteiger partial charge in [-0.25, -0.2) is 24.1 Å². The van der Waals surface area contributed by atoms with Crippen molar-refractivity contribution in [2.45, 2.75) is 55.0 Å². The number of H-pyrrole nitrogens is 1. The number of nitrogens with zero attached hydrogens (tertiary/aromatic N) is 6. The Balaban J connectivity index is 0.00000128. The predicted molar refractivity (Wildman–Crippen MR) is 147 cm³/mol. The van der Waals surface area contributed by atoms with E-state index >= 15 is 0 Å². The summed E-state index contributed by atoms with van der Waals surface area (Å²) in [5.41, 5.74) is 11.4. The molecule has 3 aliphatic rings. The number of ether oxygens (including phenoxy) is 2. The molecule has 10 atom stereocenters. The number of aliphatic hydroxyl groups excluding tert-OH is 4. The van der Waals surface area contributed by atoms with Gasteiger partial charge in [-0.1, -0.05) is 0 Å². The number of rotatable bonds is 8. The minimum Gasteiger partial charge on any atom is -0.394 e. The fraction of sp³-hybridized carbons (Fsp3) is 0.524. The first kappa shape index (κ1) is 33.0. The molecule has 0 radical (unpaired) electrons. The Kier molecular flexibility index (Phi) is 9.65. The molecule has 2 fully saturated rings. The number of phosphoric acid groups is 1. The van der Waals surface area contributed by atoms with Crippen molar-refractivity contribution in [1.29, 1.82) is 0 Å². The monoisotopic (exact) mass is 675 g/mol. The highest BCUT2D eigenvalue weighted by molar-refractivity contribution is 7.47.